The molecule has 2 amide bonds. The minimum atomic E-state index is -0.255. The van der Waals surface area contributed by atoms with Crippen molar-refractivity contribution < 1.29 is 4.79 Å². The molecule has 0 aromatic carbocycles. The van der Waals surface area contributed by atoms with Crippen LogP contribution in [-0.2, 0) is 5.88 Å². The van der Waals surface area contributed by atoms with E-state index < -0.39 is 0 Å². The molecule has 1 N–H and O–H groups in total. The Morgan fingerprint density at radius 2 is 2.19 bits per heavy atom. The maximum Gasteiger partial charge on any atom is 0.332 e. The predicted octanol–water partition coefficient (Wildman–Crippen LogP) is 2.48. The van der Waals surface area contributed by atoms with Gasteiger partial charge >= 0.3 is 11.7 Å². The number of allylic oxidation sites excluding steroid dienone is 2. The summed E-state index contributed by atoms with van der Waals surface area (Å²) in [7, 11) is 0. The van der Waals surface area contributed by atoms with Gasteiger partial charge in [0.15, 0.2) is 0 Å². The van der Waals surface area contributed by atoms with Crippen LogP contribution in [-0.4, -0.2) is 25.9 Å². The van der Waals surface area contributed by atoms with Crippen LogP contribution in [0.2, 0.25) is 0 Å². The molecule has 1 heterocycles. The van der Waals surface area contributed by atoms with E-state index in [1.54, 1.807) is 41.5 Å². The fourth-order valence-corrected chi connectivity index (χ4v) is 2.36. The Morgan fingerprint density at radius 1 is 1.43 bits per heavy atom. The first-order chi connectivity index (χ1) is 10.1. The third-order valence-electron chi connectivity index (χ3n) is 2.50. The lowest BCUT2D eigenvalue weighted by molar-refractivity contribution is 0.224. The van der Waals surface area contributed by atoms with Gasteiger partial charge in [0.2, 0.25) is 0 Å². The van der Waals surface area contributed by atoms with Crippen LogP contribution < -0.4 is 11.0 Å². The summed E-state index contributed by atoms with van der Waals surface area (Å²) in [6.45, 7) is 7.27. The normalized spacial score (nSPS) is 11.1. The van der Waals surface area contributed by atoms with Gasteiger partial charge in [-0.05, 0) is 13.8 Å². The maximum absolute atomic E-state index is 11.9. The highest BCUT2D eigenvalue weighted by Crippen LogP contribution is 2.07. The number of amides is 2. The molecule has 1 aromatic rings. The van der Waals surface area contributed by atoms with Crippen molar-refractivity contribution in [3.8, 4) is 0 Å². The van der Waals surface area contributed by atoms with E-state index in [-0.39, 0.29) is 11.7 Å². The standard InChI is InChI=1S/C14H20N4O2S/c1-4-7-15-13(19)16(6-3)11-21-12-18-10-9-17(8-5-2)14(18)20/h4-10H,3,11-12H2,1-2H3,(H,15,19)/b7-4+,8-5+. The summed E-state index contributed by atoms with van der Waals surface area (Å²) in [5.74, 6) is 0.874. The molecule has 0 unspecified atom stereocenters. The van der Waals surface area contributed by atoms with Crippen molar-refractivity contribution in [1.82, 2.24) is 19.4 Å². The van der Waals surface area contributed by atoms with Crippen molar-refractivity contribution >= 4 is 24.0 Å². The van der Waals surface area contributed by atoms with E-state index in [0.29, 0.717) is 11.8 Å². The molecule has 1 aromatic heterocycles. The molecule has 0 aliphatic rings. The molecular formula is C14H20N4O2S. The largest absolute Gasteiger partial charge is 0.332 e. The highest BCUT2D eigenvalue weighted by Gasteiger charge is 2.08. The first kappa shape index (κ1) is 16.9. The zero-order valence-corrected chi connectivity index (χ0v) is 13.0. The van der Waals surface area contributed by atoms with E-state index >= 15 is 0 Å². The van der Waals surface area contributed by atoms with Crippen LogP contribution in [0.5, 0.6) is 0 Å². The number of imidazole rings is 1. The van der Waals surface area contributed by atoms with Gasteiger partial charge in [-0.1, -0.05) is 18.7 Å². The summed E-state index contributed by atoms with van der Waals surface area (Å²) in [6, 6.07) is -0.255. The Morgan fingerprint density at radius 3 is 2.81 bits per heavy atom. The lowest BCUT2D eigenvalue weighted by atomic mass is 10.7. The average Bonchev–Trinajstić information content (AvgIpc) is 2.82. The Labute approximate surface area is 128 Å². The number of hydrogen-bond acceptors (Lipinski definition) is 3. The van der Waals surface area contributed by atoms with Crippen molar-refractivity contribution in [3.63, 3.8) is 0 Å². The fraction of sp³-hybridized carbons (Fsp3) is 0.286. The van der Waals surface area contributed by atoms with Crippen LogP contribution in [0.4, 0.5) is 4.79 Å². The highest BCUT2D eigenvalue weighted by atomic mass is 32.2. The van der Waals surface area contributed by atoms with Gasteiger partial charge in [0.1, 0.15) is 0 Å². The minimum absolute atomic E-state index is 0.107. The fourth-order valence-electron chi connectivity index (χ4n) is 1.47. The summed E-state index contributed by atoms with van der Waals surface area (Å²) >= 11 is 1.44. The first-order valence-electron chi connectivity index (χ1n) is 6.42. The molecule has 0 aliphatic heterocycles. The number of aromatic nitrogens is 2. The molecule has 0 saturated heterocycles. The Hall–Kier alpha value is -2.15. The molecule has 0 atom stereocenters. The number of nitrogens with one attached hydrogen (secondary N) is 1. The zero-order chi connectivity index (χ0) is 15.7. The van der Waals surface area contributed by atoms with Gasteiger partial charge in [0.05, 0.1) is 11.8 Å². The average molecular weight is 308 g/mol. The van der Waals surface area contributed by atoms with Crippen LogP contribution >= 0.6 is 11.8 Å². The van der Waals surface area contributed by atoms with E-state index in [0.717, 1.165) is 0 Å². The van der Waals surface area contributed by atoms with Crippen molar-refractivity contribution in [2.45, 2.75) is 19.7 Å². The number of nitrogens with zero attached hydrogens (tertiary/aromatic N) is 3. The second-order valence-corrected chi connectivity index (χ2v) is 4.93. The Balaban J connectivity index is 2.53. The van der Waals surface area contributed by atoms with Gasteiger partial charge in [-0.15, -0.1) is 11.8 Å². The molecule has 0 saturated carbocycles. The molecule has 1 rings (SSSR count). The molecule has 0 fully saturated rings. The molecule has 21 heavy (non-hydrogen) atoms. The lowest BCUT2D eigenvalue weighted by Gasteiger charge is -2.16. The van der Waals surface area contributed by atoms with Gasteiger partial charge in [0, 0.05) is 31.0 Å². The number of hydrogen-bond donors (Lipinski definition) is 1. The molecule has 0 aliphatic carbocycles. The second-order valence-electron chi connectivity index (χ2n) is 4.00. The van der Waals surface area contributed by atoms with Crippen molar-refractivity contribution in [1.29, 1.82) is 0 Å². The topological polar surface area (TPSA) is 59.3 Å². The molecule has 7 heteroatoms. The minimum Gasteiger partial charge on any atom is -0.315 e. The maximum atomic E-state index is 11.9. The van der Waals surface area contributed by atoms with Gasteiger partial charge in [-0.25, -0.2) is 9.59 Å². The highest BCUT2D eigenvalue weighted by molar-refractivity contribution is 7.98. The smallest absolute Gasteiger partial charge is 0.315 e. The van der Waals surface area contributed by atoms with Crippen LogP contribution in [0.15, 0.2) is 48.3 Å². The third-order valence-corrected chi connectivity index (χ3v) is 3.42. The van der Waals surface area contributed by atoms with Gasteiger partial charge in [0.25, 0.3) is 0 Å². The van der Waals surface area contributed by atoms with Crippen LogP contribution in [0.25, 0.3) is 6.20 Å². The lowest BCUT2D eigenvalue weighted by Crippen LogP contribution is -2.33. The predicted molar refractivity (Wildman–Crippen MR) is 87.5 cm³/mol. The zero-order valence-electron chi connectivity index (χ0n) is 12.2. The Bertz CT molecular complexity index is 586. The monoisotopic (exact) mass is 308 g/mol. The van der Waals surface area contributed by atoms with Crippen LogP contribution in [0.3, 0.4) is 0 Å². The van der Waals surface area contributed by atoms with Crippen molar-refractivity contribution in [2.24, 2.45) is 0 Å². The van der Waals surface area contributed by atoms with Gasteiger partial charge in [-0.2, -0.15) is 0 Å². The van der Waals surface area contributed by atoms with Crippen molar-refractivity contribution in [3.05, 3.63) is 54.0 Å². The number of rotatable bonds is 7. The van der Waals surface area contributed by atoms with E-state index in [1.807, 2.05) is 13.8 Å². The van der Waals surface area contributed by atoms with E-state index in [9.17, 15) is 9.59 Å². The number of thioether (sulfide) groups is 1. The summed E-state index contributed by atoms with van der Waals surface area (Å²) in [6.07, 6.45) is 11.7. The first-order valence-corrected chi connectivity index (χ1v) is 7.58. The van der Waals surface area contributed by atoms with E-state index in [2.05, 4.69) is 11.9 Å². The molecule has 114 valence electrons. The summed E-state index contributed by atoms with van der Waals surface area (Å²) in [5.41, 5.74) is -0.107. The SMILES string of the molecule is C=CN(CSCn1ccn(/C=C/C)c1=O)C(=O)N/C=C/C. The Kier molecular flexibility index (Phi) is 7.17. The molecule has 6 nitrogen and oxygen atoms in total. The molecule has 0 radical (unpaired) electrons. The summed E-state index contributed by atoms with van der Waals surface area (Å²) in [5, 5.41) is 2.60. The third kappa shape index (κ3) is 5.03. The number of urea groups is 1. The molecule has 0 bridgehead atoms. The van der Waals surface area contributed by atoms with E-state index in [4.69, 9.17) is 0 Å². The van der Waals surface area contributed by atoms with Crippen LogP contribution in [0.1, 0.15) is 13.8 Å². The molecule has 0 spiro atoms. The molecular weight excluding hydrogens is 288 g/mol. The van der Waals surface area contributed by atoms with Gasteiger partial charge in [-0.3, -0.25) is 14.0 Å². The quantitative estimate of drug-likeness (QED) is 0.787. The van der Waals surface area contributed by atoms with E-state index in [1.165, 1.54) is 27.4 Å². The summed E-state index contributed by atoms with van der Waals surface area (Å²) < 4.78 is 3.08. The summed E-state index contributed by atoms with van der Waals surface area (Å²) in [4.78, 5) is 25.1. The number of carbonyl (C=O) groups excluding carboxylic acids is 1. The van der Waals surface area contributed by atoms with Crippen molar-refractivity contribution in [2.75, 3.05) is 5.88 Å². The second kappa shape index (κ2) is 8.91. The van der Waals surface area contributed by atoms with Gasteiger partial charge < -0.3 is 5.32 Å². The number of carbonyl (C=O) groups is 1. The van der Waals surface area contributed by atoms with Crippen LogP contribution in [0, 0.1) is 0 Å².